The van der Waals surface area contributed by atoms with E-state index in [1.807, 2.05) is 25.1 Å². The zero-order chi connectivity index (χ0) is 14.1. The standard InChI is InChI=1S/C18H18BrF/c1-12-5-4-8-16(18(12)20)17(19)15-10-9-13-6-2-3-7-14(13)11-15/h4-5,8-11,17H,2-3,6-7H2,1H3. The van der Waals surface area contributed by atoms with Gasteiger partial charge in [-0.1, -0.05) is 52.3 Å². The van der Waals surface area contributed by atoms with Crippen LogP contribution in [0, 0.1) is 12.7 Å². The minimum absolute atomic E-state index is 0.0744. The molecule has 2 aromatic rings. The average molecular weight is 333 g/mol. The van der Waals surface area contributed by atoms with E-state index in [-0.39, 0.29) is 10.6 Å². The Morgan fingerprint density at radius 1 is 1.05 bits per heavy atom. The van der Waals surface area contributed by atoms with Crippen LogP contribution in [-0.4, -0.2) is 0 Å². The predicted octanol–water partition coefficient (Wildman–Crippen LogP) is 5.50. The normalized spacial score (nSPS) is 15.8. The van der Waals surface area contributed by atoms with Gasteiger partial charge in [0.15, 0.2) is 0 Å². The molecule has 2 heteroatoms. The molecule has 0 saturated carbocycles. The molecular formula is C18H18BrF. The lowest BCUT2D eigenvalue weighted by molar-refractivity contribution is 0.604. The van der Waals surface area contributed by atoms with E-state index in [9.17, 15) is 4.39 Å². The van der Waals surface area contributed by atoms with Crippen molar-refractivity contribution in [2.45, 2.75) is 37.4 Å². The maximum absolute atomic E-state index is 14.2. The molecule has 0 N–H and O–H groups in total. The highest BCUT2D eigenvalue weighted by Gasteiger charge is 2.18. The molecule has 0 saturated heterocycles. The Hall–Kier alpha value is -1.15. The topological polar surface area (TPSA) is 0 Å². The van der Waals surface area contributed by atoms with Crippen molar-refractivity contribution in [2.24, 2.45) is 0 Å². The Labute approximate surface area is 128 Å². The second kappa shape index (κ2) is 5.69. The van der Waals surface area contributed by atoms with Crippen LogP contribution in [0.15, 0.2) is 36.4 Å². The third kappa shape index (κ3) is 2.54. The maximum Gasteiger partial charge on any atom is 0.130 e. The molecule has 2 aromatic carbocycles. The molecule has 20 heavy (non-hydrogen) atoms. The van der Waals surface area contributed by atoms with Gasteiger partial charge in [-0.2, -0.15) is 0 Å². The van der Waals surface area contributed by atoms with Crippen molar-refractivity contribution in [1.82, 2.24) is 0 Å². The van der Waals surface area contributed by atoms with Crippen LogP contribution < -0.4 is 0 Å². The Kier molecular flexibility index (Phi) is 3.93. The molecule has 0 nitrogen and oxygen atoms in total. The number of benzene rings is 2. The summed E-state index contributed by atoms with van der Waals surface area (Å²) in [6, 6.07) is 12.2. The van der Waals surface area contributed by atoms with Crippen molar-refractivity contribution < 1.29 is 4.39 Å². The van der Waals surface area contributed by atoms with Crippen LogP contribution >= 0.6 is 15.9 Å². The molecular weight excluding hydrogens is 315 g/mol. The van der Waals surface area contributed by atoms with E-state index in [1.165, 1.54) is 30.4 Å². The fourth-order valence-corrected chi connectivity index (χ4v) is 3.59. The first kappa shape index (κ1) is 13.8. The van der Waals surface area contributed by atoms with E-state index >= 15 is 0 Å². The first-order valence-electron chi connectivity index (χ1n) is 7.17. The highest BCUT2D eigenvalue weighted by Crippen LogP contribution is 2.35. The molecule has 0 bridgehead atoms. The Bertz CT molecular complexity index is 633. The quantitative estimate of drug-likeness (QED) is 0.637. The molecule has 1 atom stereocenters. The average Bonchev–Trinajstić information content (AvgIpc) is 2.49. The number of aryl methyl sites for hydroxylation is 3. The van der Waals surface area contributed by atoms with Crippen molar-refractivity contribution in [3.05, 3.63) is 70.0 Å². The number of fused-ring (bicyclic) bond motifs is 1. The second-order valence-electron chi connectivity index (χ2n) is 5.58. The maximum atomic E-state index is 14.2. The van der Waals surface area contributed by atoms with E-state index in [4.69, 9.17) is 0 Å². The zero-order valence-electron chi connectivity index (χ0n) is 11.6. The minimum atomic E-state index is -0.105. The van der Waals surface area contributed by atoms with Crippen molar-refractivity contribution in [3.63, 3.8) is 0 Å². The summed E-state index contributed by atoms with van der Waals surface area (Å²) in [6.45, 7) is 1.81. The Balaban J connectivity index is 1.98. The SMILES string of the molecule is Cc1cccc(C(Br)c2ccc3c(c2)CCCC3)c1F. The van der Waals surface area contributed by atoms with E-state index in [1.54, 1.807) is 0 Å². The number of hydrogen-bond acceptors (Lipinski definition) is 0. The molecule has 0 amide bonds. The molecule has 1 aliphatic rings. The van der Waals surface area contributed by atoms with Crippen LogP contribution in [0.2, 0.25) is 0 Å². The minimum Gasteiger partial charge on any atom is -0.206 e. The lowest BCUT2D eigenvalue weighted by atomic mass is 9.89. The summed E-state index contributed by atoms with van der Waals surface area (Å²) in [5.41, 5.74) is 5.47. The summed E-state index contributed by atoms with van der Waals surface area (Å²) in [4.78, 5) is -0.0744. The van der Waals surface area contributed by atoms with Crippen LogP contribution in [0.5, 0.6) is 0 Å². The molecule has 0 fully saturated rings. The summed E-state index contributed by atoms with van der Waals surface area (Å²) < 4.78 is 14.2. The van der Waals surface area contributed by atoms with Crippen LogP contribution in [0.1, 0.15) is 45.5 Å². The molecule has 1 aliphatic carbocycles. The first-order valence-corrected chi connectivity index (χ1v) is 8.09. The molecule has 104 valence electrons. The van der Waals surface area contributed by atoms with Gasteiger partial charge >= 0.3 is 0 Å². The molecule has 0 heterocycles. The van der Waals surface area contributed by atoms with Crippen molar-refractivity contribution in [3.8, 4) is 0 Å². The highest BCUT2D eigenvalue weighted by atomic mass is 79.9. The van der Waals surface area contributed by atoms with Gasteiger partial charge in [0, 0.05) is 5.56 Å². The number of halogens is 2. The monoisotopic (exact) mass is 332 g/mol. The van der Waals surface area contributed by atoms with Crippen molar-refractivity contribution in [1.29, 1.82) is 0 Å². The summed E-state index contributed by atoms with van der Waals surface area (Å²) in [5.74, 6) is -0.105. The summed E-state index contributed by atoms with van der Waals surface area (Å²) in [5, 5.41) is 0. The molecule has 0 aliphatic heterocycles. The highest BCUT2D eigenvalue weighted by molar-refractivity contribution is 9.09. The van der Waals surface area contributed by atoms with E-state index in [0.29, 0.717) is 5.56 Å². The Morgan fingerprint density at radius 2 is 1.80 bits per heavy atom. The molecule has 1 unspecified atom stereocenters. The number of alkyl halides is 1. The van der Waals surface area contributed by atoms with Crippen LogP contribution in [0.25, 0.3) is 0 Å². The second-order valence-corrected chi connectivity index (χ2v) is 6.49. The van der Waals surface area contributed by atoms with E-state index in [2.05, 4.69) is 34.1 Å². The number of hydrogen-bond donors (Lipinski definition) is 0. The van der Waals surface area contributed by atoms with Gasteiger partial charge in [-0.3, -0.25) is 0 Å². The fourth-order valence-electron chi connectivity index (χ4n) is 2.96. The molecule has 0 spiro atoms. The largest absolute Gasteiger partial charge is 0.206 e. The van der Waals surface area contributed by atoms with Crippen LogP contribution in [-0.2, 0) is 12.8 Å². The molecule has 0 radical (unpaired) electrons. The van der Waals surface area contributed by atoms with Gasteiger partial charge in [0.1, 0.15) is 5.82 Å². The lowest BCUT2D eigenvalue weighted by Gasteiger charge is -2.19. The third-order valence-corrected chi connectivity index (χ3v) is 5.18. The molecule has 3 rings (SSSR count). The first-order chi connectivity index (χ1) is 9.66. The van der Waals surface area contributed by atoms with E-state index in [0.717, 1.165) is 17.5 Å². The van der Waals surface area contributed by atoms with Crippen molar-refractivity contribution in [2.75, 3.05) is 0 Å². The van der Waals surface area contributed by atoms with Gasteiger partial charge < -0.3 is 0 Å². The zero-order valence-corrected chi connectivity index (χ0v) is 13.2. The molecule has 0 aromatic heterocycles. The fraction of sp³-hybridized carbons (Fsp3) is 0.333. The third-order valence-electron chi connectivity index (χ3n) is 4.16. The van der Waals surface area contributed by atoms with Gasteiger partial charge in [0.2, 0.25) is 0 Å². The van der Waals surface area contributed by atoms with Crippen LogP contribution in [0.4, 0.5) is 4.39 Å². The van der Waals surface area contributed by atoms with Crippen LogP contribution in [0.3, 0.4) is 0 Å². The smallest absolute Gasteiger partial charge is 0.130 e. The number of rotatable bonds is 2. The van der Waals surface area contributed by atoms with Gasteiger partial charge in [-0.25, -0.2) is 4.39 Å². The summed E-state index contributed by atoms with van der Waals surface area (Å²) >= 11 is 3.67. The van der Waals surface area contributed by atoms with Gasteiger partial charge in [0.05, 0.1) is 4.83 Å². The summed E-state index contributed by atoms with van der Waals surface area (Å²) in [7, 11) is 0. The predicted molar refractivity (Wildman–Crippen MR) is 85.0 cm³/mol. The van der Waals surface area contributed by atoms with E-state index < -0.39 is 0 Å². The van der Waals surface area contributed by atoms with Gasteiger partial charge in [-0.15, -0.1) is 0 Å². The van der Waals surface area contributed by atoms with Crippen molar-refractivity contribution >= 4 is 15.9 Å². The lowest BCUT2D eigenvalue weighted by Crippen LogP contribution is -2.05. The van der Waals surface area contributed by atoms with Gasteiger partial charge in [0.25, 0.3) is 0 Å². The van der Waals surface area contributed by atoms with Gasteiger partial charge in [-0.05, 0) is 54.9 Å². The summed E-state index contributed by atoms with van der Waals surface area (Å²) in [6.07, 6.45) is 4.89. The Morgan fingerprint density at radius 3 is 2.60 bits per heavy atom.